The molecule has 0 saturated carbocycles. The molecule has 1 N–H and O–H groups in total. The number of fused-ring (bicyclic) bond motifs is 1. The van der Waals surface area contributed by atoms with Gasteiger partial charge in [0.2, 0.25) is 5.88 Å². The summed E-state index contributed by atoms with van der Waals surface area (Å²) in [7, 11) is 0. The maximum Gasteiger partial charge on any atom is 0.272 e. The van der Waals surface area contributed by atoms with Crippen LogP contribution in [0.4, 0.5) is 17.6 Å². The number of hydrogen-bond acceptors (Lipinski definition) is 5. The van der Waals surface area contributed by atoms with Gasteiger partial charge in [0.1, 0.15) is 18.9 Å². The van der Waals surface area contributed by atoms with E-state index in [1.807, 2.05) is 0 Å². The third-order valence-electron chi connectivity index (χ3n) is 4.56. The van der Waals surface area contributed by atoms with Crippen molar-refractivity contribution in [1.82, 2.24) is 24.3 Å². The molecule has 0 atom stereocenters. The van der Waals surface area contributed by atoms with Crippen LogP contribution in [0.3, 0.4) is 0 Å². The Labute approximate surface area is 173 Å². The molecule has 11 heteroatoms. The van der Waals surface area contributed by atoms with E-state index in [4.69, 9.17) is 4.74 Å². The van der Waals surface area contributed by atoms with Crippen molar-refractivity contribution in [2.75, 3.05) is 6.61 Å². The minimum atomic E-state index is -2.60. The van der Waals surface area contributed by atoms with Gasteiger partial charge in [0, 0.05) is 24.2 Å². The van der Waals surface area contributed by atoms with Gasteiger partial charge in [-0.3, -0.25) is 14.2 Å². The Balaban J connectivity index is 1.71. The zero-order valence-electron chi connectivity index (χ0n) is 16.2. The number of halogens is 4. The molecule has 4 aromatic heterocycles. The summed E-state index contributed by atoms with van der Waals surface area (Å²) in [5, 5.41) is 15.0. The first-order chi connectivity index (χ1) is 14.8. The van der Waals surface area contributed by atoms with Gasteiger partial charge in [0.05, 0.1) is 34.7 Å². The van der Waals surface area contributed by atoms with Gasteiger partial charge in [-0.25, -0.2) is 22.5 Å². The van der Waals surface area contributed by atoms with Crippen LogP contribution in [0.15, 0.2) is 43.1 Å². The van der Waals surface area contributed by atoms with E-state index in [2.05, 4.69) is 15.1 Å². The molecule has 4 aromatic rings. The van der Waals surface area contributed by atoms with Crippen LogP contribution < -0.4 is 4.74 Å². The second-order valence-electron chi connectivity index (χ2n) is 6.83. The summed E-state index contributed by atoms with van der Waals surface area (Å²) in [6.07, 6.45) is 2.03. The predicted molar refractivity (Wildman–Crippen MR) is 104 cm³/mol. The molecule has 0 spiro atoms. The number of ether oxygens (including phenoxy) is 1. The average molecular weight is 435 g/mol. The van der Waals surface area contributed by atoms with E-state index >= 15 is 0 Å². The minimum Gasteiger partial charge on any atom is -0.494 e. The molecule has 7 nitrogen and oxygen atoms in total. The lowest BCUT2D eigenvalue weighted by atomic mass is 10.1. The SMILES string of the molecule is Cc1cc(-c2cncc(OCC(F)F)c2)nc2cn(-c3cnn(CC(F)F)c3)c(O)c12. The van der Waals surface area contributed by atoms with E-state index in [9.17, 15) is 22.7 Å². The van der Waals surface area contributed by atoms with Gasteiger partial charge in [-0.15, -0.1) is 0 Å². The first kappa shape index (κ1) is 20.6. The minimum absolute atomic E-state index is 0.102. The molecular formula is C20H17F4N5O2. The van der Waals surface area contributed by atoms with Crippen LogP contribution in [0, 0.1) is 6.92 Å². The van der Waals surface area contributed by atoms with Gasteiger partial charge in [-0.2, -0.15) is 5.10 Å². The summed E-state index contributed by atoms with van der Waals surface area (Å²) < 4.78 is 57.4. The van der Waals surface area contributed by atoms with Crippen LogP contribution in [0.25, 0.3) is 27.8 Å². The Morgan fingerprint density at radius 1 is 1.06 bits per heavy atom. The van der Waals surface area contributed by atoms with E-state index in [1.165, 1.54) is 29.4 Å². The fourth-order valence-electron chi connectivity index (χ4n) is 3.25. The van der Waals surface area contributed by atoms with Gasteiger partial charge in [0.25, 0.3) is 12.9 Å². The van der Waals surface area contributed by atoms with Gasteiger partial charge in [0.15, 0.2) is 0 Å². The number of pyridine rings is 2. The van der Waals surface area contributed by atoms with Crippen LogP contribution in [0.1, 0.15) is 5.56 Å². The summed E-state index contributed by atoms with van der Waals surface area (Å²) in [6, 6.07) is 3.27. The molecule has 0 aromatic carbocycles. The second-order valence-corrected chi connectivity index (χ2v) is 6.83. The van der Waals surface area contributed by atoms with E-state index in [-0.39, 0.29) is 11.6 Å². The van der Waals surface area contributed by atoms with Crippen molar-refractivity contribution in [2.24, 2.45) is 0 Å². The number of alkyl halides is 4. The maximum atomic E-state index is 12.6. The average Bonchev–Trinajstić information content (AvgIpc) is 3.30. The Bertz CT molecular complexity index is 1220. The van der Waals surface area contributed by atoms with Crippen LogP contribution >= 0.6 is 0 Å². The molecule has 0 saturated heterocycles. The Morgan fingerprint density at radius 3 is 2.61 bits per heavy atom. The molecule has 0 amide bonds. The quantitative estimate of drug-likeness (QED) is 0.440. The molecule has 4 rings (SSSR count). The molecular weight excluding hydrogens is 418 g/mol. The second kappa shape index (κ2) is 8.25. The summed E-state index contributed by atoms with van der Waals surface area (Å²) in [5.74, 6) is 0.0829. The van der Waals surface area contributed by atoms with Crippen molar-refractivity contribution in [3.05, 3.63) is 48.7 Å². The number of aromatic hydroxyl groups is 1. The van der Waals surface area contributed by atoms with Gasteiger partial charge in [-0.1, -0.05) is 0 Å². The molecule has 4 heterocycles. The fraction of sp³-hybridized carbons (Fsp3) is 0.250. The zero-order chi connectivity index (χ0) is 22.1. The highest BCUT2D eigenvalue weighted by molar-refractivity contribution is 5.90. The van der Waals surface area contributed by atoms with Gasteiger partial charge >= 0.3 is 0 Å². The van der Waals surface area contributed by atoms with Crippen molar-refractivity contribution in [3.63, 3.8) is 0 Å². The monoisotopic (exact) mass is 435 g/mol. The molecule has 31 heavy (non-hydrogen) atoms. The molecule has 0 unspecified atom stereocenters. The number of aromatic nitrogens is 5. The normalized spacial score (nSPS) is 11.7. The largest absolute Gasteiger partial charge is 0.494 e. The molecule has 0 fully saturated rings. The number of aryl methyl sites for hydroxylation is 1. The van der Waals surface area contributed by atoms with Crippen LogP contribution in [0.5, 0.6) is 11.6 Å². The number of hydrogen-bond donors (Lipinski definition) is 1. The third-order valence-corrected chi connectivity index (χ3v) is 4.56. The molecule has 0 aliphatic rings. The Morgan fingerprint density at radius 2 is 1.87 bits per heavy atom. The van der Waals surface area contributed by atoms with Gasteiger partial charge < -0.3 is 9.84 Å². The molecule has 0 radical (unpaired) electrons. The standard InChI is InChI=1S/C20H17F4N5O2/c1-11-2-15(12-3-14(6-25-4-12)31-10-18(23)24)27-16-8-29(20(30)19(11)16)13-5-26-28(7-13)9-17(21)22/h2-8,17-18,30H,9-10H2,1H3. The topological polar surface area (TPSA) is 78.0 Å². The van der Waals surface area contributed by atoms with Crippen LogP contribution in [-0.2, 0) is 6.54 Å². The lowest BCUT2D eigenvalue weighted by Gasteiger charge is -2.08. The zero-order valence-corrected chi connectivity index (χ0v) is 16.2. The summed E-state index contributed by atoms with van der Waals surface area (Å²) in [5.41, 5.74) is 2.61. The summed E-state index contributed by atoms with van der Waals surface area (Å²) in [4.78, 5) is 8.54. The van der Waals surface area contributed by atoms with Gasteiger partial charge in [-0.05, 0) is 24.6 Å². The summed E-state index contributed by atoms with van der Waals surface area (Å²) >= 11 is 0. The fourth-order valence-corrected chi connectivity index (χ4v) is 3.25. The van der Waals surface area contributed by atoms with Crippen LogP contribution in [0.2, 0.25) is 0 Å². The lowest BCUT2D eigenvalue weighted by Crippen LogP contribution is -2.07. The lowest BCUT2D eigenvalue weighted by molar-refractivity contribution is 0.0817. The van der Waals surface area contributed by atoms with Crippen molar-refractivity contribution >= 4 is 10.9 Å². The number of rotatable bonds is 7. The number of nitrogens with zero attached hydrogens (tertiary/aromatic N) is 5. The highest BCUT2D eigenvalue weighted by Crippen LogP contribution is 2.34. The smallest absolute Gasteiger partial charge is 0.272 e. The van der Waals surface area contributed by atoms with Crippen molar-refractivity contribution in [3.8, 4) is 28.6 Å². The maximum absolute atomic E-state index is 12.6. The highest BCUT2D eigenvalue weighted by atomic mass is 19.3. The molecule has 0 aliphatic heterocycles. The first-order valence-corrected chi connectivity index (χ1v) is 9.21. The van der Waals surface area contributed by atoms with Crippen LogP contribution in [-0.4, -0.2) is 48.9 Å². The highest BCUT2D eigenvalue weighted by Gasteiger charge is 2.17. The molecule has 0 aliphatic carbocycles. The Hall–Kier alpha value is -3.63. The summed E-state index contributed by atoms with van der Waals surface area (Å²) in [6.45, 7) is 0.481. The van der Waals surface area contributed by atoms with E-state index in [0.29, 0.717) is 33.4 Å². The van der Waals surface area contributed by atoms with Crippen molar-refractivity contribution in [1.29, 1.82) is 0 Å². The first-order valence-electron chi connectivity index (χ1n) is 9.21. The predicted octanol–water partition coefficient (Wildman–Crippen LogP) is 4.21. The van der Waals surface area contributed by atoms with E-state index in [1.54, 1.807) is 25.3 Å². The van der Waals surface area contributed by atoms with Crippen molar-refractivity contribution < 1.29 is 27.4 Å². The van der Waals surface area contributed by atoms with Crippen molar-refractivity contribution in [2.45, 2.75) is 26.3 Å². The van der Waals surface area contributed by atoms with E-state index in [0.717, 1.165) is 4.68 Å². The Kier molecular flexibility index (Phi) is 5.49. The molecule has 162 valence electrons. The van der Waals surface area contributed by atoms with E-state index < -0.39 is 26.0 Å². The third kappa shape index (κ3) is 4.30. The molecule has 0 bridgehead atoms.